The van der Waals surface area contributed by atoms with E-state index in [0.29, 0.717) is 24.9 Å². The second-order valence-electron chi connectivity index (χ2n) is 6.33. The molecule has 5 heteroatoms. The highest BCUT2D eigenvalue weighted by Crippen LogP contribution is 2.29. The quantitative estimate of drug-likeness (QED) is 0.898. The van der Waals surface area contributed by atoms with Gasteiger partial charge in [-0.1, -0.05) is 12.1 Å². The Balaban J connectivity index is 1.54. The number of anilines is 1. The fourth-order valence-corrected chi connectivity index (χ4v) is 3.46. The van der Waals surface area contributed by atoms with Crippen molar-refractivity contribution >= 4 is 11.6 Å². The molecular weight excluding hydrogens is 290 g/mol. The van der Waals surface area contributed by atoms with Crippen LogP contribution in [0, 0.1) is 5.92 Å². The van der Waals surface area contributed by atoms with Crippen LogP contribution in [0.4, 0.5) is 5.69 Å². The van der Waals surface area contributed by atoms with E-state index in [2.05, 4.69) is 16.3 Å². The van der Waals surface area contributed by atoms with Gasteiger partial charge >= 0.3 is 0 Å². The molecule has 126 valence electrons. The van der Waals surface area contributed by atoms with E-state index in [1.54, 1.807) is 0 Å². The Hall–Kier alpha value is -1.75. The Morgan fingerprint density at radius 3 is 2.74 bits per heavy atom. The molecule has 23 heavy (non-hydrogen) atoms. The predicted molar refractivity (Wildman–Crippen MR) is 92.0 cm³/mol. The van der Waals surface area contributed by atoms with Crippen LogP contribution in [0.15, 0.2) is 24.3 Å². The second-order valence-corrected chi connectivity index (χ2v) is 6.33. The first-order valence-electron chi connectivity index (χ1n) is 8.73. The Bertz CT molecular complexity index is 521. The van der Waals surface area contributed by atoms with Crippen molar-refractivity contribution in [2.24, 2.45) is 5.92 Å². The Morgan fingerprint density at radius 1 is 1.26 bits per heavy atom. The average molecular weight is 317 g/mol. The maximum absolute atomic E-state index is 12.4. The number of para-hydroxylation sites is 2. The highest BCUT2D eigenvalue weighted by Gasteiger charge is 2.25. The zero-order valence-corrected chi connectivity index (χ0v) is 14.0. The van der Waals surface area contributed by atoms with Crippen molar-refractivity contribution in [3.63, 3.8) is 0 Å². The van der Waals surface area contributed by atoms with E-state index in [4.69, 9.17) is 4.74 Å². The molecule has 1 amide bonds. The summed E-state index contributed by atoms with van der Waals surface area (Å²) in [4.78, 5) is 16.8. The molecule has 2 heterocycles. The second kappa shape index (κ2) is 7.68. The van der Waals surface area contributed by atoms with E-state index >= 15 is 0 Å². The SMILES string of the molecule is CCOc1ccccc1N1CCN(C(=O)CC2CCNC2)CC1. The summed E-state index contributed by atoms with van der Waals surface area (Å²) >= 11 is 0. The molecule has 0 radical (unpaired) electrons. The topological polar surface area (TPSA) is 44.8 Å². The predicted octanol–water partition coefficient (Wildman–Crippen LogP) is 1.73. The molecule has 5 nitrogen and oxygen atoms in total. The van der Waals surface area contributed by atoms with Gasteiger partial charge in [0, 0.05) is 32.6 Å². The Kier molecular flexibility index (Phi) is 5.39. The number of nitrogens with zero attached hydrogens (tertiary/aromatic N) is 2. The molecule has 1 aromatic rings. The van der Waals surface area contributed by atoms with Crippen molar-refractivity contribution < 1.29 is 9.53 Å². The summed E-state index contributed by atoms with van der Waals surface area (Å²) in [6.07, 6.45) is 1.83. The first kappa shape index (κ1) is 16.1. The molecule has 1 aromatic carbocycles. The molecule has 0 spiro atoms. The molecule has 2 aliphatic rings. The molecule has 2 aliphatic heterocycles. The standard InChI is InChI=1S/C18H27N3O2/c1-2-23-17-6-4-3-5-16(17)20-9-11-21(12-10-20)18(22)13-15-7-8-19-14-15/h3-6,15,19H,2,7-14H2,1H3. The maximum Gasteiger partial charge on any atom is 0.223 e. The summed E-state index contributed by atoms with van der Waals surface area (Å²) in [5, 5.41) is 3.33. The third-order valence-corrected chi connectivity index (χ3v) is 4.76. The van der Waals surface area contributed by atoms with Gasteiger partial charge in [-0.25, -0.2) is 0 Å². The van der Waals surface area contributed by atoms with Gasteiger partial charge in [0.15, 0.2) is 0 Å². The van der Waals surface area contributed by atoms with Gasteiger partial charge in [0.2, 0.25) is 5.91 Å². The minimum atomic E-state index is 0.316. The lowest BCUT2D eigenvalue weighted by Gasteiger charge is -2.37. The smallest absolute Gasteiger partial charge is 0.223 e. The lowest BCUT2D eigenvalue weighted by Crippen LogP contribution is -2.49. The number of nitrogens with one attached hydrogen (secondary N) is 1. The van der Waals surface area contributed by atoms with Crippen LogP contribution in [0.25, 0.3) is 0 Å². The fourth-order valence-electron chi connectivity index (χ4n) is 3.46. The number of hydrogen-bond acceptors (Lipinski definition) is 4. The first-order valence-corrected chi connectivity index (χ1v) is 8.73. The van der Waals surface area contributed by atoms with Crippen LogP contribution in [-0.4, -0.2) is 56.7 Å². The van der Waals surface area contributed by atoms with Gasteiger partial charge < -0.3 is 19.9 Å². The van der Waals surface area contributed by atoms with Crippen LogP contribution in [0.2, 0.25) is 0 Å². The number of carbonyl (C=O) groups excluding carboxylic acids is 1. The van der Waals surface area contributed by atoms with Gasteiger partial charge in [0.1, 0.15) is 5.75 Å². The van der Waals surface area contributed by atoms with Gasteiger partial charge in [-0.15, -0.1) is 0 Å². The van der Waals surface area contributed by atoms with Crippen molar-refractivity contribution in [1.29, 1.82) is 0 Å². The van der Waals surface area contributed by atoms with Crippen LogP contribution >= 0.6 is 0 Å². The molecule has 0 saturated carbocycles. The number of rotatable bonds is 5. The molecule has 0 aliphatic carbocycles. The summed E-state index contributed by atoms with van der Waals surface area (Å²) in [6.45, 7) is 8.08. The van der Waals surface area contributed by atoms with Crippen LogP contribution in [0.1, 0.15) is 19.8 Å². The van der Waals surface area contributed by atoms with Crippen LogP contribution in [0.3, 0.4) is 0 Å². The van der Waals surface area contributed by atoms with E-state index < -0.39 is 0 Å². The molecule has 0 bridgehead atoms. The third-order valence-electron chi connectivity index (χ3n) is 4.76. The lowest BCUT2D eigenvalue weighted by molar-refractivity contribution is -0.132. The van der Waals surface area contributed by atoms with Gasteiger partial charge in [-0.2, -0.15) is 0 Å². The highest BCUT2D eigenvalue weighted by molar-refractivity contribution is 5.77. The number of hydrogen-bond donors (Lipinski definition) is 1. The molecule has 1 atom stereocenters. The molecule has 1 unspecified atom stereocenters. The zero-order chi connectivity index (χ0) is 16.1. The summed E-state index contributed by atoms with van der Waals surface area (Å²) in [7, 11) is 0. The van der Waals surface area contributed by atoms with Gasteiger partial charge in [0.25, 0.3) is 0 Å². The molecule has 1 N–H and O–H groups in total. The van der Waals surface area contributed by atoms with Gasteiger partial charge in [-0.3, -0.25) is 4.79 Å². The summed E-state index contributed by atoms with van der Waals surface area (Å²) < 4.78 is 5.72. The molecular formula is C18H27N3O2. The van der Waals surface area contributed by atoms with Gasteiger partial charge in [0.05, 0.1) is 12.3 Å². The average Bonchev–Trinajstić information content (AvgIpc) is 3.09. The van der Waals surface area contributed by atoms with E-state index in [1.807, 2.05) is 30.0 Å². The number of piperazine rings is 1. The van der Waals surface area contributed by atoms with Gasteiger partial charge in [-0.05, 0) is 44.5 Å². The normalized spacial score (nSPS) is 21.5. The first-order chi connectivity index (χ1) is 11.3. The van der Waals surface area contributed by atoms with Crippen molar-refractivity contribution in [3.05, 3.63) is 24.3 Å². The van der Waals surface area contributed by atoms with E-state index in [9.17, 15) is 4.79 Å². The van der Waals surface area contributed by atoms with E-state index in [-0.39, 0.29) is 0 Å². The lowest BCUT2D eigenvalue weighted by atomic mass is 10.0. The number of ether oxygens (including phenoxy) is 1. The van der Waals surface area contributed by atoms with E-state index in [1.165, 1.54) is 0 Å². The highest BCUT2D eigenvalue weighted by atomic mass is 16.5. The van der Waals surface area contributed by atoms with Crippen molar-refractivity contribution in [3.8, 4) is 5.75 Å². The summed E-state index contributed by atoms with van der Waals surface area (Å²) in [5.41, 5.74) is 1.14. The van der Waals surface area contributed by atoms with E-state index in [0.717, 1.165) is 57.1 Å². The molecule has 3 rings (SSSR count). The van der Waals surface area contributed by atoms with Crippen molar-refractivity contribution in [1.82, 2.24) is 10.2 Å². The summed E-state index contributed by atoms with van der Waals surface area (Å²) in [6, 6.07) is 8.17. The van der Waals surface area contributed by atoms with Crippen molar-refractivity contribution in [2.45, 2.75) is 19.8 Å². The maximum atomic E-state index is 12.4. The van der Waals surface area contributed by atoms with Crippen LogP contribution in [-0.2, 0) is 4.79 Å². The largest absolute Gasteiger partial charge is 0.492 e. The minimum absolute atomic E-state index is 0.316. The molecule has 2 fully saturated rings. The zero-order valence-electron chi connectivity index (χ0n) is 14.0. The number of benzene rings is 1. The van der Waals surface area contributed by atoms with Crippen LogP contribution < -0.4 is 15.0 Å². The molecule has 0 aromatic heterocycles. The van der Waals surface area contributed by atoms with Crippen LogP contribution in [0.5, 0.6) is 5.75 Å². The minimum Gasteiger partial charge on any atom is -0.492 e. The Morgan fingerprint density at radius 2 is 2.04 bits per heavy atom. The molecule has 2 saturated heterocycles. The Labute approximate surface area is 138 Å². The monoisotopic (exact) mass is 317 g/mol. The third kappa shape index (κ3) is 3.96. The number of carbonyl (C=O) groups is 1. The van der Waals surface area contributed by atoms with Crippen molar-refractivity contribution in [2.75, 3.05) is 50.8 Å². The summed E-state index contributed by atoms with van der Waals surface area (Å²) in [5.74, 6) is 1.78. The fraction of sp³-hybridized carbons (Fsp3) is 0.611. The number of amides is 1.